The number of nitrogens with one attached hydrogen (secondary N) is 1. The predicted octanol–water partition coefficient (Wildman–Crippen LogP) is 3.09. The monoisotopic (exact) mass is 319 g/mol. The van der Waals surface area contributed by atoms with Crippen LogP contribution in [-0.2, 0) is 22.3 Å². The fourth-order valence-electron chi connectivity index (χ4n) is 2.00. The Balaban J connectivity index is 1.91. The molecule has 22 heavy (non-hydrogen) atoms. The molecular weight excluding hydrogens is 298 g/mol. The standard InChI is InChI=1S/C17H21NO3S/c1-14(2)21-17-10-8-15(9-11-17)12-18-22(19,20)13-16-6-4-3-5-7-16/h3-11,14,18H,12-13H2,1-2H3. The van der Waals surface area contributed by atoms with Crippen LogP contribution in [0.25, 0.3) is 0 Å². The lowest BCUT2D eigenvalue weighted by molar-refractivity contribution is 0.242. The van der Waals surface area contributed by atoms with E-state index in [0.29, 0.717) is 0 Å². The minimum absolute atomic E-state index is 0.0115. The highest BCUT2D eigenvalue weighted by Crippen LogP contribution is 2.14. The summed E-state index contributed by atoms with van der Waals surface area (Å²) in [7, 11) is -3.34. The molecule has 0 aliphatic carbocycles. The van der Waals surface area contributed by atoms with Crippen LogP contribution in [0, 0.1) is 0 Å². The molecule has 0 saturated carbocycles. The van der Waals surface area contributed by atoms with Gasteiger partial charge in [0.05, 0.1) is 11.9 Å². The van der Waals surface area contributed by atoms with Gasteiger partial charge in [0, 0.05) is 6.54 Å². The first-order valence-corrected chi connectivity index (χ1v) is 8.87. The predicted molar refractivity (Wildman–Crippen MR) is 88.1 cm³/mol. The molecule has 0 aromatic heterocycles. The average Bonchev–Trinajstić information content (AvgIpc) is 2.47. The number of sulfonamides is 1. The van der Waals surface area contributed by atoms with Gasteiger partial charge in [0.2, 0.25) is 10.0 Å². The Bertz CT molecular complexity index is 680. The van der Waals surface area contributed by atoms with Gasteiger partial charge in [-0.15, -0.1) is 0 Å². The van der Waals surface area contributed by atoms with Crippen molar-refractivity contribution in [3.05, 3.63) is 65.7 Å². The highest BCUT2D eigenvalue weighted by atomic mass is 32.2. The van der Waals surface area contributed by atoms with E-state index in [0.717, 1.165) is 16.9 Å². The van der Waals surface area contributed by atoms with Crippen LogP contribution in [0.4, 0.5) is 0 Å². The quantitative estimate of drug-likeness (QED) is 0.853. The summed E-state index contributed by atoms with van der Waals surface area (Å²) in [6.07, 6.45) is 0.121. The van der Waals surface area contributed by atoms with E-state index in [2.05, 4.69) is 4.72 Å². The lowest BCUT2D eigenvalue weighted by atomic mass is 10.2. The molecule has 4 nitrogen and oxygen atoms in total. The second-order valence-corrected chi connectivity index (χ2v) is 7.18. The van der Waals surface area contributed by atoms with Crippen molar-refractivity contribution in [1.29, 1.82) is 0 Å². The molecule has 0 aliphatic rings. The summed E-state index contributed by atoms with van der Waals surface area (Å²) in [6, 6.07) is 16.6. The van der Waals surface area contributed by atoms with Crippen LogP contribution in [0.2, 0.25) is 0 Å². The van der Waals surface area contributed by atoms with Gasteiger partial charge < -0.3 is 4.74 Å². The first-order valence-electron chi connectivity index (χ1n) is 7.21. The van der Waals surface area contributed by atoms with Gasteiger partial charge in [-0.25, -0.2) is 13.1 Å². The van der Waals surface area contributed by atoms with E-state index in [9.17, 15) is 8.42 Å². The van der Waals surface area contributed by atoms with Gasteiger partial charge in [-0.1, -0.05) is 42.5 Å². The summed E-state index contributed by atoms with van der Waals surface area (Å²) >= 11 is 0. The third-order valence-corrected chi connectivity index (χ3v) is 4.29. The number of rotatable bonds is 7. The smallest absolute Gasteiger partial charge is 0.216 e. The lowest BCUT2D eigenvalue weighted by Crippen LogP contribution is -2.24. The molecule has 2 aromatic rings. The molecule has 5 heteroatoms. The molecule has 0 amide bonds. The maximum absolute atomic E-state index is 12.0. The van der Waals surface area contributed by atoms with E-state index in [-0.39, 0.29) is 18.4 Å². The summed E-state index contributed by atoms with van der Waals surface area (Å²) in [6.45, 7) is 4.20. The van der Waals surface area contributed by atoms with Crippen molar-refractivity contribution in [2.45, 2.75) is 32.2 Å². The third-order valence-electron chi connectivity index (χ3n) is 2.99. The van der Waals surface area contributed by atoms with Gasteiger partial charge in [0.15, 0.2) is 0 Å². The molecule has 0 aliphatic heterocycles. The van der Waals surface area contributed by atoms with Crippen LogP contribution >= 0.6 is 0 Å². The highest BCUT2D eigenvalue weighted by Gasteiger charge is 2.11. The van der Waals surface area contributed by atoms with Crippen LogP contribution in [-0.4, -0.2) is 14.5 Å². The Morgan fingerprint density at radius 3 is 2.18 bits per heavy atom. The SMILES string of the molecule is CC(C)Oc1ccc(CNS(=O)(=O)Cc2ccccc2)cc1. The fraction of sp³-hybridized carbons (Fsp3) is 0.294. The first kappa shape index (κ1) is 16.5. The Morgan fingerprint density at radius 2 is 1.59 bits per heavy atom. The zero-order valence-electron chi connectivity index (χ0n) is 12.8. The summed E-state index contributed by atoms with van der Waals surface area (Å²) in [5.74, 6) is 0.772. The van der Waals surface area contributed by atoms with E-state index < -0.39 is 10.0 Å². The topological polar surface area (TPSA) is 55.4 Å². The van der Waals surface area contributed by atoms with Crippen LogP contribution < -0.4 is 9.46 Å². The molecular formula is C17H21NO3S. The maximum Gasteiger partial charge on any atom is 0.216 e. The van der Waals surface area contributed by atoms with Gasteiger partial charge >= 0.3 is 0 Å². The minimum Gasteiger partial charge on any atom is -0.491 e. The second-order valence-electron chi connectivity index (χ2n) is 5.38. The Hall–Kier alpha value is -1.85. The van der Waals surface area contributed by atoms with Gasteiger partial charge in [-0.2, -0.15) is 0 Å². The minimum atomic E-state index is -3.34. The van der Waals surface area contributed by atoms with Gasteiger partial charge in [0.25, 0.3) is 0 Å². The molecule has 0 unspecified atom stereocenters. The molecule has 0 fully saturated rings. The largest absolute Gasteiger partial charge is 0.491 e. The third kappa shape index (κ3) is 5.50. The van der Waals surface area contributed by atoms with Gasteiger partial charge in [-0.3, -0.25) is 0 Å². The molecule has 0 heterocycles. The molecule has 2 rings (SSSR count). The Labute approximate surface area is 132 Å². The van der Waals surface area contributed by atoms with Crippen LogP contribution in [0.1, 0.15) is 25.0 Å². The van der Waals surface area contributed by atoms with Crippen molar-refractivity contribution in [3.8, 4) is 5.75 Å². The second kappa shape index (κ2) is 7.42. The molecule has 1 N–H and O–H groups in total. The molecule has 0 atom stereocenters. The van der Waals surface area contributed by atoms with E-state index in [1.807, 2.05) is 56.3 Å². The van der Waals surface area contributed by atoms with Crippen molar-refractivity contribution < 1.29 is 13.2 Å². The van der Waals surface area contributed by atoms with Gasteiger partial charge in [-0.05, 0) is 37.1 Å². The molecule has 0 spiro atoms. The van der Waals surface area contributed by atoms with E-state index in [1.54, 1.807) is 12.1 Å². The van der Waals surface area contributed by atoms with Crippen molar-refractivity contribution in [3.63, 3.8) is 0 Å². The number of benzene rings is 2. The average molecular weight is 319 g/mol. The Kier molecular flexibility index (Phi) is 5.57. The van der Waals surface area contributed by atoms with Crippen molar-refractivity contribution in [2.24, 2.45) is 0 Å². The molecule has 0 saturated heterocycles. The molecule has 0 radical (unpaired) electrons. The highest BCUT2D eigenvalue weighted by molar-refractivity contribution is 7.88. The van der Waals surface area contributed by atoms with E-state index in [1.165, 1.54) is 0 Å². The summed E-state index contributed by atoms with van der Waals surface area (Å²) < 4.78 is 32.3. The number of ether oxygens (including phenoxy) is 1. The lowest BCUT2D eigenvalue weighted by Gasteiger charge is -2.10. The van der Waals surface area contributed by atoms with Crippen molar-refractivity contribution in [2.75, 3.05) is 0 Å². The molecule has 2 aromatic carbocycles. The normalized spacial score (nSPS) is 11.6. The van der Waals surface area contributed by atoms with Crippen LogP contribution in [0.3, 0.4) is 0 Å². The zero-order chi connectivity index (χ0) is 16.0. The van der Waals surface area contributed by atoms with E-state index >= 15 is 0 Å². The van der Waals surface area contributed by atoms with Crippen LogP contribution in [0.15, 0.2) is 54.6 Å². The number of hydrogen-bond acceptors (Lipinski definition) is 3. The molecule has 118 valence electrons. The zero-order valence-corrected chi connectivity index (χ0v) is 13.6. The van der Waals surface area contributed by atoms with Crippen molar-refractivity contribution >= 4 is 10.0 Å². The summed E-state index contributed by atoms with van der Waals surface area (Å²) in [5, 5.41) is 0. The fourth-order valence-corrected chi connectivity index (χ4v) is 3.12. The van der Waals surface area contributed by atoms with Gasteiger partial charge in [0.1, 0.15) is 5.75 Å². The maximum atomic E-state index is 12.0. The van der Waals surface area contributed by atoms with Crippen LogP contribution in [0.5, 0.6) is 5.75 Å². The van der Waals surface area contributed by atoms with Crippen molar-refractivity contribution in [1.82, 2.24) is 4.72 Å². The summed E-state index contributed by atoms with van der Waals surface area (Å²) in [5.41, 5.74) is 1.67. The first-order chi connectivity index (χ1) is 10.4. The van der Waals surface area contributed by atoms with E-state index in [4.69, 9.17) is 4.74 Å². The molecule has 0 bridgehead atoms. The summed E-state index contributed by atoms with van der Waals surface area (Å²) in [4.78, 5) is 0. The Morgan fingerprint density at radius 1 is 0.955 bits per heavy atom. The number of hydrogen-bond donors (Lipinski definition) is 1.